The van der Waals surface area contributed by atoms with Gasteiger partial charge in [-0.3, -0.25) is 0 Å². The van der Waals surface area contributed by atoms with Gasteiger partial charge in [-0.15, -0.1) is 0 Å². The Bertz CT molecular complexity index is 429. The molecule has 108 valence electrons. The molecule has 0 saturated carbocycles. The smallest absolute Gasteiger partial charge is 0.159 e. The van der Waals surface area contributed by atoms with Crippen LogP contribution >= 0.6 is 22.6 Å². The molecule has 1 atom stereocenters. The summed E-state index contributed by atoms with van der Waals surface area (Å²) in [7, 11) is 3.61. The van der Waals surface area contributed by atoms with Crippen molar-refractivity contribution >= 4 is 28.4 Å². The molecule has 1 aromatic rings. The second-order valence-corrected chi connectivity index (χ2v) is 6.68. The number of methoxy groups -OCH3 is 1. The Kier molecular flexibility index (Phi) is 5.98. The van der Waals surface area contributed by atoms with Crippen molar-refractivity contribution in [1.29, 1.82) is 0 Å². The summed E-state index contributed by atoms with van der Waals surface area (Å²) in [6, 6.07) is 0. The SMILES string of the molecule is CCCC(OC)c1nc(NC)c(I)c(C(C)(C)C)n1. The average molecular weight is 377 g/mol. The number of ether oxygens (including phenoxy) is 1. The summed E-state index contributed by atoms with van der Waals surface area (Å²) in [4.78, 5) is 9.36. The summed E-state index contributed by atoms with van der Waals surface area (Å²) < 4.78 is 6.61. The van der Waals surface area contributed by atoms with E-state index in [1.165, 1.54) is 0 Å². The van der Waals surface area contributed by atoms with E-state index in [9.17, 15) is 0 Å². The molecule has 0 amide bonds. The van der Waals surface area contributed by atoms with Gasteiger partial charge in [0, 0.05) is 19.6 Å². The van der Waals surface area contributed by atoms with Gasteiger partial charge in [0.2, 0.25) is 0 Å². The molecule has 0 aliphatic carbocycles. The van der Waals surface area contributed by atoms with Gasteiger partial charge >= 0.3 is 0 Å². The van der Waals surface area contributed by atoms with Gasteiger partial charge < -0.3 is 10.1 Å². The van der Waals surface area contributed by atoms with Gasteiger partial charge in [-0.2, -0.15) is 0 Å². The Morgan fingerprint density at radius 3 is 2.37 bits per heavy atom. The van der Waals surface area contributed by atoms with Crippen LogP contribution in [0.1, 0.15) is 58.2 Å². The van der Waals surface area contributed by atoms with E-state index in [2.05, 4.69) is 60.6 Å². The van der Waals surface area contributed by atoms with E-state index in [0.29, 0.717) is 0 Å². The van der Waals surface area contributed by atoms with Gasteiger partial charge in [-0.05, 0) is 29.0 Å². The molecule has 0 bridgehead atoms. The number of nitrogens with zero attached hydrogens (tertiary/aromatic N) is 2. The Balaban J connectivity index is 3.34. The minimum Gasteiger partial charge on any atom is -0.373 e. The van der Waals surface area contributed by atoms with E-state index < -0.39 is 0 Å². The molecule has 0 saturated heterocycles. The number of halogens is 1. The number of hydrogen-bond acceptors (Lipinski definition) is 4. The molecule has 5 heteroatoms. The molecular formula is C14H24IN3O. The maximum Gasteiger partial charge on any atom is 0.159 e. The highest BCUT2D eigenvalue weighted by Gasteiger charge is 2.25. The van der Waals surface area contributed by atoms with Crippen molar-refractivity contribution in [3.63, 3.8) is 0 Å². The van der Waals surface area contributed by atoms with Gasteiger partial charge in [0.05, 0.1) is 9.26 Å². The average Bonchev–Trinajstić information content (AvgIpc) is 2.35. The first kappa shape index (κ1) is 16.6. The zero-order chi connectivity index (χ0) is 14.6. The fourth-order valence-electron chi connectivity index (χ4n) is 1.89. The quantitative estimate of drug-likeness (QED) is 0.791. The van der Waals surface area contributed by atoms with E-state index >= 15 is 0 Å². The summed E-state index contributed by atoms with van der Waals surface area (Å²) in [5.41, 5.74) is 1.06. The van der Waals surface area contributed by atoms with Crippen LogP contribution in [-0.2, 0) is 10.2 Å². The molecular weight excluding hydrogens is 353 g/mol. The van der Waals surface area contributed by atoms with Gasteiger partial charge in [0.15, 0.2) is 5.82 Å². The van der Waals surface area contributed by atoms with Gasteiger partial charge in [-0.25, -0.2) is 9.97 Å². The summed E-state index contributed by atoms with van der Waals surface area (Å²) >= 11 is 2.31. The van der Waals surface area contributed by atoms with Crippen LogP contribution in [0.25, 0.3) is 0 Å². The van der Waals surface area contributed by atoms with Crippen LogP contribution in [0.3, 0.4) is 0 Å². The van der Waals surface area contributed by atoms with Crippen LogP contribution in [0.5, 0.6) is 0 Å². The fraction of sp³-hybridized carbons (Fsp3) is 0.714. The first-order valence-corrected chi connectivity index (χ1v) is 7.71. The number of nitrogens with one attached hydrogen (secondary N) is 1. The van der Waals surface area contributed by atoms with Crippen LogP contribution in [0, 0.1) is 3.57 Å². The lowest BCUT2D eigenvalue weighted by molar-refractivity contribution is 0.0873. The molecule has 1 aromatic heterocycles. The number of rotatable bonds is 5. The molecule has 0 spiro atoms. The van der Waals surface area contributed by atoms with Crippen LogP contribution < -0.4 is 5.32 Å². The Morgan fingerprint density at radius 2 is 1.95 bits per heavy atom. The summed E-state index contributed by atoms with van der Waals surface area (Å²) in [5, 5.41) is 3.16. The van der Waals surface area contributed by atoms with Crippen molar-refractivity contribution in [2.24, 2.45) is 0 Å². The van der Waals surface area contributed by atoms with E-state index in [-0.39, 0.29) is 11.5 Å². The molecule has 0 fully saturated rings. The highest BCUT2D eigenvalue weighted by Crippen LogP contribution is 2.31. The van der Waals surface area contributed by atoms with Crippen molar-refractivity contribution in [3.8, 4) is 0 Å². The molecule has 0 radical (unpaired) electrons. The van der Waals surface area contributed by atoms with Crippen molar-refractivity contribution in [2.75, 3.05) is 19.5 Å². The first-order chi connectivity index (χ1) is 8.85. The van der Waals surface area contributed by atoms with Gasteiger partial charge in [0.1, 0.15) is 11.9 Å². The lowest BCUT2D eigenvalue weighted by Gasteiger charge is -2.23. The molecule has 1 heterocycles. The minimum absolute atomic E-state index is 0.00960. The standard InChI is InChI=1S/C14H24IN3O/c1-7-8-9(19-6)12-17-11(14(2,3)4)10(15)13(16-5)18-12/h9H,7-8H2,1-6H3,(H,16,17,18). The molecule has 0 aliphatic heterocycles. The number of aromatic nitrogens is 2. The molecule has 0 aromatic carbocycles. The zero-order valence-electron chi connectivity index (χ0n) is 12.7. The molecule has 4 nitrogen and oxygen atoms in total. The monoisotopic (exact) mass is 377 g/mol. The Morgan fingerprint density at radius 1 is 1.32 bits per heavy atom. The summed E-state index contributed by atoms with van der Waals surface area (Å²) in [6.07, 6.45) is 1.95. The second kappa shape index (κ2) is 6.83. The Hall–Kier alpha value is -0.430. The molecule has 19 heavy (non-hydrogen) atoms. The predicted molar refractivity (Wildman–Crippen MR) is 87.7 cm³/mol. The normalized spacial score (nSPS) is 13.4. The summed E-state index contributed by atoms with van der Waals surface area (Å²) in [5.74, 6) is 1.66. The van der Waals surface area contributed by atoms with Crippen LogP contribution in [0.4, 0.5) is 5.82 Å². The van der Waals surface area contributed by atoms with Crippen LogP contribution in [-0.4, -0.2) is 24.1 Å². The van der Waals surface area contributed by atoms with E-state index in [0.717, 1.165) is 33.7 Å². The third-order valence-electron chi connectivity index (χ3n) is 2.94. The lowest BCUT2D eigenvalue weighted by Crippen LogP contribution is -2.21. The van der Waals surface area contributed by atoms with E-state index in [1.54, 1.807) is 7.11 Å². The van der Waals surface area contributed by atoms with Crippen molar-refractivity contribution in [3.05, 3.63) is 15.1 Å². The van der Waals surface area contributed by atoms with Gasteiger partial charge in [-0.1, -0.05) is 34.1 Å². The highest BCUT2D eigenvalue weighted by atomic mass is 127. The Labute approximate surface area is 129 Å². The number of anilines is 1. The maximum absolute atomic E-state index is 5.53. The van der Waals surface area contributed by atoms with Crippen molar-refractivity contribution in [1.82, 2.24) is 9.97 Å². The third-order valence-corrected chi connectivity index (χ3v) is 3.96. The van der Waals surface area contributed by atoms with Crippen molar-refractivity contribution < 1.29 is 4.74 Å². The minimum atomic E-state index is -0.0322. The zero-order valence-corrected chi connectivity index (χ0v) is 14.8. The highest BCUT2D eigenvalue weighted by molar-refractivity contribution is 14.1. The molecule has 0 aliphatic rings. The van der Waals surface area contributed by atoms with E-state index in [1.807, 2.05) is 7.05 Å². The molecule has 1 N–H and O–H groups in total. The third kappa shape index (κ3) is 4.02. The molecule has 1 unspecified atom stereocenters. The first-order valence-electron chi connectivity index (χ1n) is 6.63. The van der Waals surface area contributed by atoms with Crippen molar-refractivity contribution in [2.45, 2.75) is 52.1 Å². The fourth-order valence-corrected chi connectivity index (χ4v) is 3.21. The van der Waals surface area contributed by atoms with Gasteiger partial charge in [0.25, 0.3) is 0 Å². The van der Waals surface area contributed by atoms with E-state index in [4.69, 9.17) is 9.72 Å². The predicted octanol–water partition coefficient (Wildman–Crippen LogP) is 3.91. The number of hydrogen-bond donors (Lipinski definition) is 1. The van der Waals surface area contributed by atoms with Crippen LogP contribution in [0.2, 0.25) is 0 Å². The second-order valence-electron chi connectivity index (χ2n) is 5.61. The largest absolute Gasteiger partial charge is 0.373 e. The molecule has 1 rings (SSSR count). The topological polar surface area (TPSA) is 47.0 Å². The lowest BCUT2D eigenvalue weighted by atomic mass is 9.91. The summed E-state index contributed by atoms with van der Waals surface area (Å²) in [6.45, 7) is 8.65. The van der Waals surface area contributed by atoms with Crippen LogP contribution in [0.15, 0.2) is 0 Å². The maximum atomic E-state index is 5.53.